The van der Waals surface area contributed by atoms with Gasteiger partial charge in [-0.2, -0.15) is 0 Å². The van der Waals surface area contributed by atoms with Crippen LogP contribution < -0.4 is 9.21 Å². The molecule has 3 rings (SSSR count). The van der Waals surface area contributed by atoms with Crippen molar-refractivity contribution in [1.82, 2.24) is 0 Å². The summed E-state index contributed by atoms with van der Waals surface area (Å²) in [5, 5.41) is 0. The van der Waals surface area contributed by atoms with E-state index >= 15 is 0 Å². The second-order valence-electron chi connectivity index (χ2n) is 6.98. The molecule has 2 aromatic carbocycles. The van der Waals surface area contributed by atoms with Crippen molar-refractivity contribution in [3.05, 3.63) is 59.7 Å². The van der Waals surface area contributed by atoms with E-state index in [1.54, 1.807) is 24.0 Å². The predicted octanol–water partition coefficient (Wildman–Crippen LogP) is 3.38. The maximum absolute atomic E-state index is 13.3. The molecule has 0 saturated heterocycles. The molecular formula is C21H26N2O3S. The third-order valence-corrected chi connectivity index (χ3v) is 6.28. The molecule has 2 aromatic rings. The van der Waals surface area contributed by atoms with Gasteiger partial charge in [0.05, 0.1) is 11.9 Å². The van der Waals surface area contributed by atoms with Crippen molar-refractivity contribution in [1.29, 1.82) is 0 Å². The second-order valence-corrected chi connectivity index (χ2v) is 8.84. The fourth-order valence-electron chi connectivity index (χ4n) is 3.67. The van der Waals surface area contributed by atoms with Crippen molar-refractivity contribution >= 4 is 27.3 Å². The first-order valence-corrected chi connectivity index (χ1v) is 11.2. The van der Waals surface area contributed by atoms with Gasteiger partial charge in [0.25, 0.3) is 5.91 Å². The summed E-state index contributed by atoms with van der Waals surface area (Å²) >= 11 is 0. The van der Waals surface area contributed by atoms with E-state index in [1.165, 1.54) is 4.31 Å². The van der Waals surface area contributed by atoms with E-state index in [0.717, 1.165) is 42.3 Å². The van der Waals surface area contributed by atoms with Crippen molar-refractivity contribution < 1.29 is 13.2 Å². The molecule has 0 aliphatic carbocycles. The van der Waals surface area contributed by atoms with Gasteiger partial charge in [-0.15, -0.1) is 0 Å². The highest BCUT2D eigenvalue weighted by Crippen LogP contribution is 2.29. The van der Waals surface area contributed by atoms with Crippen LogP contribution in [0.25, 0.3) is 0 Å². The van der Waals surface area contributed by atoms with Crippen LogP contribution in [-0.4, -0.2) is 33.2 Å². The van der Waals surface area contributed by atoms with Crippen molar-refractivity contribution in [3.8, 4) is 0 Å². The number of sulfonamides is 1. The fraction of sp³-hybridized carbons (Fsp3) is 0.381. The van der Waals surface area contributed by atoms with Crippen molar-refractivity contribution in [2.75, 3.05) is 22.0 Å². The summed E-state index contributed by atoms with van der Waals surface area (Å²) in [6, 6.07) is 14.4. The Balaban J connectivity index is 1.95. The lowest BCUT2D eigenvalue weighted by Gasteiger charge is -2.35. The number of hydrogen-bond acceptors (Lipinski definition) is 3. The van der Waals surface area contributed by atoms with Gasteiger partial charge in [0.1, 0.15) is 6.04 Å². The van der Waals surface area contributed by atoms with Crippen molar-refractivity contribution in [3.63, 3.8) is 0 Å². The zero-order valence-electron chi connectivity index (χ0n) is 16.1. The number of nitrogens with zero attached hydrogens (tertiary/aromatic N) is 2. The van der Waals surface area contributed by atoms with Crippen LogP contribution in [-0.2, 0) is 27.7 Å². The Hall–Kier alpha value is -2.34. The Kier molecular flexibility index (Phi) is 5.56. The fourth-order valence-corrected chi connectivity index (χ4v) is 4.84. The van der Waals surface area contributed by atoms with Crippen molar-refractivity contribution in [2.45, 2.75) is 39.2 Å². The molecule has 1 amide bonds. The molecule has 0 N–H and O–H groups in total. The lowest BCUT2D eigenvalue weighted by atomic mass is 10.0. The zero-order valence-corrected chi connectivity index (χ0v) is 16.9. The summed E-state index contributed by atoms with van der Waals surface area (Å²) in [5.41, 5.74) is 3.65. The van der Waals surface area contributed by atoms with E-state index in [2.05, 4.69) is 0 Å². The first-order chi connectivity index (χ1) is 12.8. The highest BCUT2D eigenvalue weighted by molar-refractivity contribution is 7.92. The van der Waals surface area contributed by atoms with Gasteiger partial charge in [-0.05, 0) is 55.5 Å². The monoisotopic (exact) mass is 386 g/mol. The van der Waals surface area contributed by atoms with Crippen LogP contribution in [0, 0.1) is 0 Å². The Morgan fingerprint density at radius 1 is 1.15 bits per heavy atom. The number of para-hydroxylation sites is 1. The van der Waals surface area contributed by atoms with Gasteiger partial charge in [-0.25, -0.2) is 8.42 Å². The lowest BCUT2D eigenvalue weighted by molar-refractivity contribution is -0.119. The van der Waals surface area contributed by atoms with Gasteiger partial charge in [0.15, 0.2) is 0 Å². The number of amides is 1. The summed E-state index contributed by atoms with van der Waals surface area (Å²) in [5.74, 6) is -0.202. The van der Waals surface area contributed by atoms with Gasteiger partial charge in [-0.3, -0.25) is 9.10 Å². The van der Waals surface area contributed by atoms with Crippen LogP contribution in [0.5, 0.6) is 0 Å². The highest BCUT2D eigenvalue weighted by atomic mass is 32.2. The number of rotatable bonds is 5. The lowest BCUT2D eigenvalue weighted by Crippen LogP contribution is -2.50. The van der Waals surface area contributed by atoms with Crippen LogP contribution in [0.1, 0.15) is 31.4 Å². The Morgan fingerprint density at radius 2 is 1.81 bits per heavy atom. The average Bonchev–Trinajstić information content (AvgIpc) is 2.66. The van der Waals surface area contributed by atoms with E-state index in [0.29, 0.717) is 12.2 Å². The largest absolute Gasteiger partial charge is 0.310 e. The minimum atomic E-state index is -3.61. The number of carbonyl (C=O) groups excluding carboxylic acids is 1. The van der Waals surface area contributed by atoms with E-state index in [4.69, 9.17) is 0 Å². The summed E-state index contributed by atoms with van der Waals surface area (Å²) in [6.45, 7) is 4.31. The quantitative estimate of drug-likeness (QED) is 0.791. The molecule has 0 aromatic heterocycles. The third kappa shape index (κ3) is 4.00. The van der Waals surface area contributed by atoms with Crippen LogP contribution in [0.3, 0.4) is 0 Å². The normalized spacial score (nSPS) is 15.1. The van der Waals surface area contributed by atoms with Gasteiger partial charge >= 0.3 is 0 Å². The number of carbonyl (C=O) groups is 1. The zero-order chi connectivity index (χ0) is 19.6. The number of aryl methyl sites for hydroxylation is 2. The molecule has 1 aliphatic heterocycles. The minimum Gasteiger partial charge on any atom is -0.310 e. The molecule has 0 fully saturated rings. The number of anilines is 2. The topological polar surface area (TPSA) is 57.7 Å². The first-order valence-electron chi connectivity index (χ1n) is 9.30. The predicted molar refractivity (Wildman–Crippen MR) is 110 cm³/mol. The van der Waals surface area contributed by atoms with E-state index in [-0.39, 0.29) is 5.91 Å². The molecule has 0 radical (unpaired) electrons. The Bertz CT molecular complexity index is 923. The molecule has 1 heterocycles. The molecule has 1 aliphatic rings. The minimum absolute atomic E-state index is 0.202. The Morgan fingerprint density at radius 3 is 2.44 bits per heavy atom. The molecule has 0 spiro atoms. The van der Waals surface area contributed by atoms with Crippen LogP contribution in [0.2, 0.25) is 0 Å². The maximum Gasteiger partial charge on any atom is 0.250 e. The smallest absolute Gasteiger partial charge is 0.250 e. The molecule has 5 nitrogen and oxygen atoms in total. The standard InChI is InChI=1S/C21H26N2O3S/c1-4-17-11-13-19(14-12-17)23(27(3,25)26)16(2)21(24)22-15-7-9-18-8-5-6-10-20(18)22/h5-6,8,10-14,16H,4,7,9,15H2,1-3H3/t16-/m0/s1. The van der Waals surface area contributed by atoms with Gasteiger partial charge < -0.3 is 4.90 Å². The number of benzene rings is 2. The first kappa shape index (κ1) is 19.4. The molecule has 6 heteroatoms. The molecule has 1 atom stereocenters. The molecule has 0 unspecified atom stereocenters. The molecular weight excluding hydrogens is 360 g/mol. The average molecular weight is 387 g/mol. The number of fused-ring (bicyclic) bond motifs is 1. The van der Waals surface area contributed by atoms with Gasteiger partial charge in [0.2, 0.25) is 10.0 Å². The summed E-state index contributed by atoms with van der Waals surface area (Å²) < 4.78 is 26.3. The third-order valence-electron chi connectivity index (χ3n) is 5.04. The second kappa shape index (κ2) is 7.72. The van der Waals surface area contributed by atoms with E-state index < -0.39 is 16.1 Å². The van der Waals surface area contributed by atoms with Crippen molar-refractivity contribution in [2.24, 2.45) is 0 Å². The molecule has 0 bridgehead atoms. The summed E-state index contributed by atoms with van der Waals surface area (Å²) in [4.78, 5) is 15.0. The van der Waals surface area contributed by atoms with Crippen LogP contribution >= 0.6 is 0 Å². The maximum atomic E-state index is 13.3. The summed E-state index contributed by atoms with van der Waals surface area (Å²) in [7, 11) is -3.61. The SMILES string of the molecule is CCc1ccc(N([C@@H](C)C(=O)N2CCCc3ccccc32)S(C)(=O)=O)cc1. The van der Waals surface area contributed by atoms with Gasteiger partial charge in [-0.1, -0.05) is 37.3 Å². The van der Waals surface area contributed by atoms with Gasteiger partial charge in [0, 0.05) is 12.2 Å². The van der Waals surface area contributed by atoms with Crippen LogP contribution in [0.15, 0.2) is 48.5 Å². The molecule has 27 heavy (non-hydrogen) atoms. The Labute approximate surface area is 161 Å². The molecule has 144 valence electrons. The van der Waals surface area contributed by atoms with E-state index in [1.807, 2.05) is 43.3 Å². The van der Waals surface area contributed by atoms with E-state index in [9.17, 15) is 13.2 Å². The number of hydrogen-bond donors (Lipinski definition) is 0. The molecule has 0 saturated carbocycles. The summed E-state index contributed by atoms with van der Waals surface area (Å²) in [6.07, 6.45) is 3.83. The van der Waals surface area contributed by atoms with Crippen LogP contribution in [0.4, 0.5) is 11.4 Å². The highest BCUT2D eigenvalue weighted by Gasteiger charge is 2.34.